The Kier molecular flexibility index (Phi) is 5.19. The van der Waals surface area contributed by atoms with Gasteiger partial charge in [-0.15, -0.1) is 0 Å². The SMILES string of the molecule is COc1ccc(-n2nc(C(N)=O)cc2-c2ccc(OCCO)cc2)cc1. The molecule has 0 atom stereocenters. The summed E-state index contributed by atoms with van der Waals surface area (Å²) in [7, 11) is 1.60. The molecule has 0 unspecified atom stereocenters. The Morgan fingerprint density at radius 2 is 1.77 bits per heavy atom. The summed E-state index contributed by atoms with van der Waals surface area (Å²) in [6.07, 6.45) is 0. The molecule has 1 heterocycles. The van der Waals surface area contributed by atoms with Crippen molar-refractivity contribution < 1.29 is 19.4 Å². The van der Waals surface area contributed by atoms with E-state index in [1.54, 1.807) is 30.0 Å². The molecule has 3 N–H and O–H groups in total. The maximum atomic E-state index is 11.6. The largest absolute Gasteiger partial charge is 0.497 e. The average Bonchev–Trinajstić information content (AvgIpc) is 3.12. The van der Waals surface area contributed by atoms with Crippen molar-refractivity contribution in [2.24, 2.45) is 5.73 Å². The molecule has 0 saturated heterocycles. The molecule has 134 valence electrons. The van der Waals surface area contributed by atoms with E-state index >= 15 is 0 Å². The van der Waals surface area contributed by atoms with E-state index in [0.717, 1.165) is 22.7 Å². The Hall–Kier alpha value is -3.32. The first kappa shape index (κ1) is 17.5. The van der Waals surface area contributed by atoms with Crippen LogP contribution in [0.15, 0.2) is 54.6 Å². The molecule has 0 aliphatic rings. The molecule has 1 aromatic heterocycles. The monoisotopic (exact) mass is 353 g/mol. The number of carbonyl (C=O) groups is 1. The van der Waals surface area contributed by atoms with Crippen LogP contribution < -0.4 is 15.2 Å². The summed E-state index contributed by atoms with van der Waals surface area (Å²) >= 11 is 0. The molecule has 0 fully saturated rings. The lowest BCUT2D eigenvalue weighted by molar-refractivity contribution is 0.0995. The van der Waals surface area contributed by atoms with Gasteiger partial charge in [0.15, 0.2) is 5.69 Å². The van der Waals surface area contributed by atoms with Gasteiger partial charge < -0.3 is 20.3 Å². The first-order valence-corrected chi connectivity index (χ1v) is 8.01. The van der Waals surface area contributed by atoms with Crippen molar-refractivity contribution in [3.63, 3.8) is 0 Å². The van der Waals surface area contributed by atoms with E-state index in [1.165, 1.54) is 0 Å². The number of amides is 1. The number of nitrogens with two attached hydrogens (primary N) is 1. The number of aromatic nitrogens is 2. The van der Waals surface area contributed by atoms with Gasteiger partial charge in [0.25, 0.3) is 5.91 Å². The van der Waals surface area contributed by atoms with Gasteiger partial charge in [-0.1, -0.05) is 0 Å². The summed E-state index contributed by atoms with van der Waals surface area (Å²) in [5.41, 5.74) is 7.91. The molecule has 0 radical (unpaired) electrons. The Morgan fingerprint density at radius 1 is 1.12 bits per heavy atom. The van der Waals surface area contributed by atoms with Crippen molar-refractivity contribution in [2.75, 3.05) is 20.3 Å². The van der Waals surface area contributed by atoms with Crippen molar-refractivity contribution in [1.82, 2.24) is 9.78 Å². The highest BCUT2D eigenvalue weighted by atomic mass is 16.5. The second-order valence-corrected chi connectivity index (χ2v) is 5.49. The fourth-order valence-electron chi connectivity index (χ4n) is 2.51. The van der Waals surface area contributed by atoms with Gasteiger partial charge in [-0.2, -0.15) is 5.10 Å². The molecule has 7 nitrogen and oxygen atoms in total. The third-order valence-electron chi connectivity index (χ3n) is 3.79. The molecular weight excluding hydrogens is 334 g/mol. The molecule has 0 aliphatic carbocycles. The smallest absolute Gasteiger partial charge is 0.269 e. The first-order valence-electron chi connectivity index (χ1n) is 8.01. The van der Waals surface area contributed by atoms with Crippen LogP contribution in [0.3, 0.4) is 0 Å². The number of methoxy groups -OCH3 is 1. The quantitative estimate of drug-likeness (QED) is 0.677. The Bertz CT molecular complexity index is 886. The van der Waals surface area contributed by atoms with Gasteiger partial charge >= 0.3 is 0 Å². The van der Waals surface area contributed by atoms with E-state index in [9.17, 15) is 4.79 Å². The third kappa shape index (κ3) is 3.68. The molecule has 7 heteroatoms. The lowest BCUT2D eigenvalue weighted by Gasteiger charge is -2.09. The van der Waals surface area contributed by atoms with Gasteiger partial charge in [0.2, 0.25) is 0 Å². The van der Waals surface area contributed by atoms with Crippen molar-refractivity contribution >= 4 is 5.91 Å². The molecule has 0 spiro atoms. The van der Waals surface area contributed by atoms with Crippen LogP contribution >= 0.6 is 0 Å². The van der Waals surface area contributed by atoms with Crippen LogP contribution in [0, 0.1) is 0 Å². The van der Waals surface area contributed by atoms with Crippen molar-refractivity contribution in [2.45, 2.75) is 0 Å². The number of hydrogen-bond acceptors (Lipinski definition) is 5. The van der Waals surface area contributed by atoms with Crippen LogP contribution in [-0.2, 0) is 0 Å². The van der Waals surface area contributed by atoms with Gasteiger partial charge in [-0.3, -0.25) is 4.79 Å². The number of nitrogens with zero attached hydrogens (tertiary/aromatic N) is 2. The summed E-state index contributed by atoms with van der Waals surface area (Å²) in [6, 6.07) is 16.3. The number of aliphatic hydroxyl groups is 1. The summed E-state index contributed by atoms with van der Waals surface area (Å²) in [6.45, 7) is 0.183. The molecule has 0 aliphatic heterocycles. The fraction of sp³-hybridized carbons (Fsp3) is 0.158. The zero-order valence-electron chi connectivity index (χ0n) is 14.3. The number of rotatable bonds is 7. The summed E-state index contributed by atoms with van der Waals surface area (Å²) in [5.74, 6) is 0.776. The highest BCUT2D eigenvalue weighted by molar-refractivity contribution is 5.92. The minimum absolute atomic E-state index is 0.0477. The van der Waals surface area contributed by atoms with Crippen LogP contribution in [0.2, 0.25) is 0 Å². The van der Waals surface area contributed by atoms with Crippen LogP contribution in [0.25, 0.3) is 16.9 Å². The van der Waals surface area contributed by atoms with Gasteiger partial charge in [0, 0.05) is 5.56 Å². The second-order valence-electron chi connectivity index (χ2n) is 5.49. The lowest BCUT2D eigenvalue weighted by atomic mass is 10.1. The molecule has 2 aromatic carbocycles. The zero-order valence-corrected chi connectivity index (χ0v) is 14.3. The minimum atomic E-state index is -0.596. The molecule has 3 aromatic rings. The highest BCUT2D eigenvalue weighted by Gasteiger charge is 2.15. The summed E-state index contributed by atoms with van der Waals surface area (Å²) in [4.78, 5) is 11.6. The van der Waals surface area contributed by atoms with E-state index in [4.69, 9.17) is 20.3 Å². The fourth-order valence-corrected chi connectivity index (χ4v) is 2.51. The molecule has 0 saturated carbocycles. The minimum Gasteiger partial charge on any atom is -0.497 e. The van der Waals surface area contributed by atoms with Gasteiger partial charge in [-0.25, -0.2) is 4.68 Å². The molecule has 1 amide bonds. The number of ether oxygens (including phenoxy) is 2. The van der Waals surface area contributed by atoms with Crippen LogP contribution in [0.5, 0.6) is 11.5 Å². The maximum Gasteiger partial charge on any atom is 0.269 e. The number of benzene rings is 2. The van der Waals surface area contributed by atoms with Gasteiger partial charge in [-0.05, 0) is 54.6 Å². The first-order chi connectivity index (χ1) is 12.6. The normalized spacial score (nSPS) is 10.5. The van der Waals surface area contributed by atoms with Gasteiger partial charge in [0.1, 0.15) is 18.1 Å². The molecule has 26 heavy (non-hydrogen) atoms. The topological polar surface area (TPSA) is 99.6 Å². The van der Waals surface area contributed by atoms with Crippen LogP contribution in [0.1, 0.15) is 10.5 Å². The van der Waals surface area contributed by atoms with Crippen molar-refractivity contribution in [1.29, 1.82) is 0 Å². The van der Waals surface area contributed by atoms with E-state index in [-0.39, 0.29) is 18.9 Å². The van der Waals surface area contributed by atoms with E-state index < -0.39 is 5.91 Å². The van der Waals surface area contributed by atoms with E-state index in [0.29, 0.717) is 5.75 Å². The summed E-state index contributed by atoms with van der Waals surface area (Å²) in [5, 5.41) is 13.1. The molecular formula is C19H19N3O4. The highest BCUT2D eigenvalue weighted by Crippen LogP contribution is 2.27. The number of primary amides is 1. The van der Waals surface area contributed by atoms with Crippen molar-refractivity contribution in [3.8, 4) is 28.4 Å². The number of aliphatic hydroxyl groups excluding tert-OH is 1. The average molecular weight is 353 g/mol. The molecule has 0 bridgehead atoms. The zero-order chi connectivity index (χ0) is 18.5. The Labute approximate surface area is 150 Å². The Morgan fingerprint density at radius 3 is 2.35 bits per heavy atom. The van der Waals surface area contributed by atoms with E-state index in [1.807, 2.05) is 36.4 Å². The number of carbonyl (C=O) groups excluding carboxylic acids is 1. The maximum absolute atomic E-state index is 11.6. The van der Waals surface area contributed by atoms with Crippen LogP contribution in [0.4, 0.5) is 0 Å². The summed E-state index contributed by atoms with van der Waals surface area (Å²) < 4.78 is 12.2. The van der Waals surface area contributed by atoms with Crippen LogP contribution in [-0.4, -0.2) is 41.1 Å². The molecule has 3 rings (SSSR count). The standard InChI is InChI=1S/C19H19N3O4/c1-25-15-8-4-14(5-9-15)22-18(12-17(21-22)19(20)24)13-2-6-16(7-3-13)26-11-10-23/h2-9,12,23H,10-11H2,1H3,(H2,20,24). The Balaban J connectivity index is 2.00. The lowest BCUT2D eigenvalue weighted by Crippen LogP contribution is -2.12. The van der Waals surface area contributed by atoms with Crippen molar-refractivity contribution in [3.05, 3.63) is 60.3 Å². The van der Waals surface area contributed by atoms with E-state index in [2.05, 4.69) is 5.10 Å². The second kappa shape index (κ2) is 7.71. The predicted octanol–water partition coefficient (Wildman–Crippen LogP) is 2.02. The van der Waals surface area contributed by atoms with Gasteiger partial charge in [0.05, 0.1) is 25.1 Å². The number of hydrogen-bond donors (Lipinski definition) is 2. The third-order valence-corrected chi connectivity index (χ3v) is 3.79. The predicted molar refractivity (Wildman–Crippen MR) is 96.7 cm³/mol.